The highest BCUT2D eigenvalue weighted by atomic mass is 19.1. The number of nitrogens with zero attached hydrogens (tertiary/aromatic N) is 8. The molecule has 0 saturated carbocycles. The summed E-state index contributed by atoms with van der Waals surface area (Å²) >= 11 is 0. The van der Waals surface area contributed by atoms with E-state index < -0.39 is 11.7 Å². The van der Waals surface area contributed by atoms with Gasteiger partial charge < -0.3 is 30.9 Å². The van der Waals surface area contributed by atoms with Crippen LogP contribution in [-0.4, -0.2) is 87.8 Å². The van der Waals surface area contributed by atoms with Crippen LogP contribution < -0.4 is 30.9 Å². The average Bonchev–Trinajstić information content (AvgIpc) is 3.84. The average molecular weight is 782 g/mol. The Hall–Kier alpha value is -6.61. The molecule has 0 atom stereocenters. The highest BCUT2D eigenvalue weighted by Gasteiger charge is 2.27. The van der Waals surface area contributed by atoms with Crippen LogP contribution in [0.15, 0.2) is 85.3 Å². The number of methoxy groups -OCH3 is 1. The number of piperidine rings is 1. The lowest BCUT2D eigenvalue weighted by atomic mass is 10.0. The van der Waals surface area contributed by atoms with Crippen LogP contribution >= 0.6 is 0 Å². The monoisotopic (exact) mass is 781 g/mol. The summed E-state index contributed by atoms with van der Waals surface area (Å²) in [5.74, 6) is 0.720. The van der Waals surface area contributed by atoms with Gasteiger partial charge in [0, 0.05) is 81.9 Å². The third-order valence-electron chi connectivity index (χ3n) is 11.5. The molecule has 3 aliphatic heterocycles. The van der Waals surface area contributed by atoms with Crippen molar-refractivity contribution in [3.05, 3.63) is 119 Å². The lowest BCUT2D eigenvalue weighted by Gasteiger charge is -2.36. The number of carbonyl (C=O) groups is 2. The summed E-state index contributed by atoms with van der Waals surface area (Å²) in [6.45, 7) is 7.17. The molecule has 0 bridgehead atoms. The standard InChI is InChI=1S/C43H44FN11O3/c1-58-36-10-7-31(44)21-35(36)43(57)47-22-27-2-5-29(6-3-27)39-38-40(45)49-26-50-41(38)55(51-39)32-12-14-54(15-13-32)37-11-4-28(23-46-37)25-52-16-18-53(19-17-52)33-8-9-34-30(20-33)24-48-42(34)56/h2-11,20-21,23,26,32H,12-19,22,24-25H2,1H3,(H,47,57)(H,48,56)(H2,45,49,50). The number of hydrogen-bond acceptors (Lipinski definition) is 11. The Morgan fingerprint density at radius 2 is 1.71 bits per heavy atom. The fraction of sp³-hybridized carbons (Fsp3) is 0.302. The fourth-order valence-electron chi connectivity index (χ4n) is 8.24. The van der Waals surface area contributed by atoms with E-state index in [4.69, 9.17) is 20.6 Å². The van der Waals surface area contributed by atoms with Crippen LogP contribution in [0.3, 0.4) is 0 Å². The first-order chi connectivity index (χ1) is 28.3. The Morgan fingerprint density at radius 1 is 0.914 bits per heavy atom. The number of nitrogen functional groups attached to an aromatic ring is 1. The van der Waals surface area contributed by atoms with Gasteiger partial charge in [0.25, 0.3) is 11.8 Å². The predicted octanol–water partition coefficient (Wildman–Crippen LogP) is 4.96. The van der Waals surface area contributed by atoms with E-state index in [1.165, 1.54) is 36.8 Å². The molecule has 3 aromatic heterocycles. The van der Waals surface area contributed by atoms with Gasteiger partial charge in [0.1, 0.15) is 35.2 Å². The molecule has 4 N–H and O–H groups in total. The maximum atomic E-state index is 13.8. The number of pyridine rings is 1. The maximum absolute atomic E-state index is 13.8. The van der Waals surface area contributed by atoms with Gasteiger partial charge in [-0.25, -0.2) is 24.0 Å². The van der Waals surface area contributed by atoms with Gasteiger partial charge in [-0.1, -0.05) is 30.3 Å². The van der Waals surface area contributed by atoms with Gasteiger partial charge in [0.15, 0.2) is 5.65 Å². The Bertz CT molecular complexity index is 2480. The van der Waals surface area contributed by atoms with Crippen molar-refractivity contribution in [2.45, 2.75) is 38.5 Å². The van der Waals surface area contributed by atoms with Crippen molar-refractivity contribution >= 4 is 40.2 Å². The SMILES string of the molecule is COc1ccc(F)cc1C(=O)NCc1ccc(-c2nn(C3CCN(c4ccc(CN5CCN(c6ccc7c(c6)CNC7=O)CC5)cn4)CC3)c3ncnc(N)c23)cc1. The maximum Gasteiger partial charge on any atom is 0.255 e. The van der Waals surface area contributed by atoms with Gasteiger partial charge in [0.05, 0.1) is 24.1 Å². The fourth-order valence-corrected chi connectivity index (χ4v) is 8.24. The number of carbonyl (C=O) groups excluding carboxylic acids is 2. The summed E-state index contributed by atoms with van der Waals surface area (Å²) in [6.07, 6.45) is 5.21. The van der Waals surface area contributed by atoms with E-state index >= 15 is 0 Å². The van der Waals surface area contributed by atoms with Crippen molar-refractivity contribution in [2.75, 3.05) is 61.9 Å². The first kappa shape index (κ1) is 37.0. The number of aromatic nitrogens is 5. The molecule has 0 spiro atoms. The van der Waals surface area contributed by atoms with Crippen LogP contribution in [0, 0.1) is 5.82 Å². The number of halogens is 1. The number of ether oxygens (including phenoxy) is 1. The Kier molecular flexibility index (Phi) is 10.0. The Balaban J connectivity index is 0.806. The summed E-state index contributed by atoms with van der Waals surface area (Å²) in [5, 5.41) is 11.5. The van der Waals surface area contributed by atoms with Crippen molar-refractivity contribution in [1.29, 1.82) is 0 Å². The van der Waals surface area contributed by atoms with Crippen LogP contribution in [0.4, 0.5) is 21.7 Å². The van der Waals surface area contributed by atoms with Gasteiger partial charge >= 0.3 is 0 Å². The third kappa shape index (κ3) is 7.36. The number of benzene rings is 3. The zero-order valence-electron chi connectivity index (χ0n) is 32.2. The van der Waals surface area contributed by atoms with Gasteiger partial charge in [-0.3, -0.25) is 14.5 Å². The second-order valence-corrected chi connectivity index (χ2v) is 15.0. The number of fused-ring (bicyclic) bond motifs is 2. The molecular weight excluding hydrogens is 738 g/mol. The van der Waals surface area contributed by atoms with Crippen molar-refractivity contribution < 1.29 is 18.7 Å². The number of anilines is 3. The molecule has 6 aromatic rings. The molecule has 15 heteroatoms. The summed E-state index contributed by atoms with van der Waals surface area (Å²) in [4.78, 5) is 45.8. The van der Waals surface area contributed by atoms with Gasteiger partial charge in [-0.15, -0.1) is 0 Å². The number of hydrogen-bond donors (Lipinski definition) is 3. The number of piperazine rings is 1. The van der Waals surface area contributed by atoms with E-state index in [-0.39, 0.29) is 24.1 Å². The van der Waals surface area contributed by atoms with Crippen LogP contribution in [0.5, 0.6) is 5.75 Å². The highest BCUT2D eigenvalue weighted by molar-refractivity contribution is 5.99. The van der Waals surface area contributed by atoms with Crippen LogP contribution in [0.25, 0.3) is 22.3 Å². The van der Waals surface area contributed by atoms with Crippen molar-refractivity contribution in [2.24, 2.45) is 0 Å². The van der Waals surface area contributed by atoms with E-state index in [9.17, 15) is 14.0 Å². The van der Waals surface area contributed by atoms with Gasteiger partial charge in [-0.05, 0) is 72.0 Å². The molecule has 58 heavy (non-hydrogen) atoms. The molecule has 2 fully saturated rings. The molecule has 9 rings (SSSR count). The molecule has 2 amide bonds. The first-order valence-electron chi connectivity index (χ1n) is 19.6. The molecule has 0 unspecified atom stereocenters. The summed E-state index contributed by atoms with van der Waals surface area (Å²) in [7, 11) is 1.44. The van der Waals surface area contributed by atoms with E-state index in [1.54, 1.807) is 0 Å². The minimum atomic E-state index is -0.512. The molecular formula is C43H44FN11O3. The number of amides is 2. The first-order valence-corrected chi connectivity index (χ1v) is 19.6. The van der Waals surface area contributed by atoms with Gasteiger partial charge in [0.2, 0.25) is 0 Å². The molecule has 0 aliphatic carbocycles. The third-order valence-corrected chi connectivity index (χ3v) is 11.5. The van der Waals surface area contributed by atoms with Gasteiger partial charge in [-0.2, -0.15) is 5.10 Å². The lowest BCUT2D eigenvalue weighted by Crippen LogP contribution is -2.46. The zero-order valence-corrected chi connectivity index (χ0v) is 32.2. The van der Waals surface area contributed by atoms with Crippen LogP contribution in [-0.2, 0) is 19.6 Å². The number of nitrogens with one attached hydrogen (secondary N) is 2. The quantitative estimate of drug-likeness (QED) is 0.173. The van der Waals surface area contributed by atoms with E-state index in [0.717, 1.165) is 92.8 Å². The molecule has 3 aromatic carbocycles. The zero-order chi connectivity index (χ0) is 39.8. The number of nitrogens with two attached hydrogens (primary N) is 1. The minimum Gasteiger partial charge on any atom is -0.496 e. The second kappa shape index (κ2) is 15.7. The molecule has 2 saturated heterocycles. The Labute approximate surface area is 334 Å². The summed E-state index contributed by atoms with van der Waals surface area (Å²) < 4.78 is 21.1. The summed E-state index contributed by atoms with van der Waals surface area (Å²) in [6, 6.07) is 22.2. The highest BCUT2D eigenvalue weighted by Crippen LogP contribution is 2.35. The van der Waals surface area contributed by atoms with E-state index in [0.29, 0.717) is 34.8 Å². The number of rotatable bonds is 10. The normalized spacial score (nSPS) is 16.1. The smallest absolute Gasteiger partial charge is 0.255 e. The topological polar surface area (TPSA) is 160 Å². The lowest BCUT2D eigenvalue weighted by molar-refractivity contribution is 0.0944. The Morgan fingerprint density at radius 3 is 2.47 bits per heavy atom. The minimum absolute atomic E-state index is 0.0186. The molecule has 14 nitrogen and oxygen atoms in total. The van der Waals surface area contributed by atoms with E-state index in [1.807, 2.05) is 41.2 Å². The predicted molar refractivity (Wildman–Crippen MR) is 219 cm³/mol. The largest absolute Gasteiger partial charge is 0.496 e. The molecule has 3 aliphatic rings. The summed E-state index contributed by atoms with van der Waals surface area (Å²) in [5.41, 5.74) is 13.9. The van der Waals surface area contributed by atoms with Crippen molar-refractivity contribution in [3.8, 4) is 17.0 Å². The molecule has 6 heterocycles. The van der Waals surface area contributed by atoms with Crippen molar-refractivity contribution in [3.63, 3.8) is 0 Å². The molecule has 0 radical (unpaired) electrons. The van der Waals surface area contributed by atoms with E-state index in [2.05, 4.69) is 59.6 Å². The van der Waals surface area contributed by atoms with Crippen LogP contribution in [0.1, 0.15) is 56.3 Å². The van der Waals surface area contributed by atoms with Crippen LogP contribution in [0.2, 0.25) is 0 Å². The molecule has 296 valence electrons. The van der Waals surface area contributed by atoms with Crippen molar-refractivity contribution in [1.82, 2.24) is 40.3 Å². The second-order valence-electron chi connectivity index (χ2n) is 15.0.